The van der Waals surface area contributed by atoms with Crippen molar-refractivity contribution in [2.45, 2.75) is 6.92 Å². The largest absolute Gasteiger partial charge is 0.494 e. The van der Waals surface area contributed by atoms with E-state index in [0.717, 1.165) is 25.4 Å². The van der Waals surface area contributed by atoms with E-state index < -0.39 is 0 Å². The Hall–Kier alpha value is -1.55. The molecule has 1 aromatic carbocycles. The zero-order chi connectivity index (χ0) is 12.1. The molecule has 1 aromatic rings. The average Bonchev–Trinajstić information content (AvgIpc) is 2.27. The summed E-state index contributed by atoms with van der Waals surface area (Å²) in [5.41, 5.74) is 0.656. The Kier molecular flexibility index (Phi) is 3.98. The SMILES string of the molecule is CCOc1cccc(C(=O)NCC2CNC2)c1. The number of carbonyl (C=O) groups is 1. The van der Waals surface area contributed by atoms with Gasteiger partial charge >= 0.3 is 0 Å². The van der Waals surface area contributed by atoms with Gasteiger partial charge in [0.25, 0.3) is 5.91 Å². The topological polar surface area (TPSA) is 50.4 Å². The van der Waals surface area contributed by atoms with Gasteiger partial charge in [0.05, 0.1) is 6.61 Å². The highest BCUT2D eigenvalue weighted by atomic mass is 16.5. The third-order valence-electron chi connectivity index (χ3n) is 2.82. The van der Waals surface area contributed by atoms with Crippen LogP contribution in [0.15, 0.2) is 24.3 Å². The van der Waals surface area contributed by atoms with E-state index in [9.17, 15) is 4.79 Å². The van der Waals surface area contributed by atoms with Gasteiger partial charge in [0.2, 0.25) is 0 Å². The number of carbonyl (C=O) groups excluding carboxylic acids is 1. The number of rotatable bonds is 5. The van der Waals surface area contributed by atoms with Crippen molar-refractivity contribution in [3.63, 3.8) is 0 Å². The van der Waals surface area contributed by atoms with E-state index in [1.165, 1.54) is 0 Å². The van der Waals surface area contributed by atoms with E-state index in [2.05, 4.69) is 10.6 Å². The fourth-order valence-corrected chi connectivity index (χ4v) is 1.73. The summed E-state index contributed by atoms with van der Waals surface area (Å²) < 4.78 is 5.36. The van der Waals surface area contributed by atoms with Crippen LogP contribution in [-0.4, -0.2) is 32.1 Å². The fourth-order valence-electron chi connectivity index (χ4n) is 1.73. The van der Waals surface area contributed by atoms with Crippen molar-refractivity contribution in [1.82, 2.24) is 10.6 Å². The standard InChI is InChI=1S/C13H18N2O2/c1-2-17-12-5-3-4-11(6-12)13(16)15-9-10-7-14-8-10/h3-6,10,14H,2,7-9H2,1H3,(H,15,16). The number of nitrogens with one attached hydrogen (secondary N) is 2. The van der Waals surface area contributed by atoms with Crippen molar-refractivity contribution in [1.29, 1.82) is 0 Å². The van der Waals surface area contributed by atoms with E-state index in [4.69, 9.17) is 4.74 Å². The molecule has 1 fully saturated rings. The minimum absolute atomic E-state index is 0.0292. The van der Waals surface area contributed by atoms with Gasteiger partial charge in [0.1, 0.15) is 5.75 Å². The second-order valence-electron chi connectivity index (χ2n) is 4.20. The highest BCUT2D eigenvalue weighted by Crippen LogP contribution is 2.13. The molecule has 1 heterocycles. The summed E-state index contributed by atoms with van der Waals surface area (Å²) in [6, 6.07) is 7.27. The molecule has 0 saturated carbocycles. The molecule has 0 spiro atoms. The molecule has 1 amide bonds. The van der Waals surface area contributed by atoms with Crippen LogP contribution in [0.25, 0.3) is 0 Å². The Morgan fingerprint density at radius 2 is 2.35 bits per heavy atom. The molecule has 0 aromatic heterocycles. The normalized spacial score (nSPS) is 15.1. The van der Waals surface area contributed by atoms with Crippen LogP contribution in [0.2, 0.25) is 0 Å². The van der Waals surface area contributed by atoms with E-state index in [1.54, 1.807) is 12.1 Å². The summed E-state index contributed by atoms with van der Waals surface area (Å²) >= 11 is 0. The number of amides is 1. The predicted molar refractivity (Wildman–Crippen MR) is 66.3 cm³/mol. The third-order valence-corrected chi connectivity index (χ3v) is 2.82. The molecule has 0 atom stereocenters. The minimum Gasteiger partial charge on any atom is -0.494 e. The summed E-state index contributed by atoms with van der Waals surface area (Å²) in [7, 11) is 0. The van der Waals surface area contributed by atoms with Crippen LogP contribution in [0.5, 0.6) is 5.75 Å². The molecule has 92 valence electrons. The van der Waals surface area contributed by atoms with Crippen LogP contribution in [-0.2, 0) is 0 Å². The van der Waals surface area contributed by atoms with Crippen LogP contribution in [0, 0.1) is 5.92 Å². The first-order valence-corrected chi connectivity index (χ1v) is 6.01. The Balaban J connectivity index is 1.90. The average molecular weight is 234 g/mol. The van der Waals surface area contributed by atoms with Crippen molar-refractivity contribution in [3.8, 4) is 5.75 Å². The van der Waals surface area contributed by atoms with Crippen molar-refractivity contribution in [2.75, 3.05) is 26.2 Å². The molecule has 4 heteroatoms. The molecule has 4 nitrogen and oxygen atoms in total. The number of hydrogen-bond donors (Lipinski definition) is 2. The Labute approximate surface area is 101 Å². The highest BCUT2D eigenvalue weighted by Gasteiger charge is 2.17. The zero-order valence-corrected chi connectivity index (χ0v) is 10.0. The van der Waals surface area contributed by atoms with Gasteiger partial charge in [-0.1, -0.05) is 6.07 Å². The number of hydrogen-bond acceptors (Lipinski definition) is 3. The summed E-state index contributed by atoms with van der Waals surface area (Å²) in [4.78, 5) is 11.9. The molecule has 1 aliphatic rings. The van der Waals surface area contributed by atoms with Gasteiger partial charge < -0.3 is 15.4 Å². The minimum atomic E-state index is -0.0292. The van der Waals surface area contributed by atoms with Gasteiger partial charge in [0.15, 0.2) is 0 Å². The van der Waals surface area contributed by atoms with E-state index in [-0.39, 0.29) is 5.91 Å². The quantitative estimate of drug-likeness (QED) is 0.800. The van der Waals surface area contributed by atoms with E-state index in [1.807, 2.05) is 19.1 Å². The lowest BCUT2D eigenvalue weighted by molar-refractivity contribution is 0.0942. The second-order valence-corrected chi connectivity index (χ2v) is 4.20. The highest BCUT2D eigenvalue weighted by molar-refractivity contribution is 5.94. The second kappa shape index (κ2) is 5.68. The zero-order valence-electron chi connectivity index (χ0n) is 10.0. The fraction of sp³-hybridized carbons (Fsp3) is 0.462. The Morgan fingerprint density at radius 1 is 1.53 bits per heavy atom. The monoisotopic (exact) mass is 234 g/mol. The smallest absolute Gasteiger partial charge is 0.251 e. The molecule has 0 bridgehead atoms. The van der Waals surface area contributed by atoms with Gasteiger partial charge in [-0.25, -0.2) is 0 Å². The molecule has 2 N–H and O–H groups in total. The molecule has 1 aliphatic heterocycles. The summed E-state index contributed by atoms with van der Waals surface area (Å²) in [6.45, 7) is 5.28. The first-order chi connectivity index (χ1) is 8.29. The maximum Gasteiger partial charge on any atom is 0.251 e. The maximum absolute atomic E-state index is 11.9. The predicted octanol–water partition coefficient (Wildman–Crippen LogP) is 1.03. The van der Waals surface area contributed by atoms with Crippen molar-refractivity contribution >= 4 is 5.91 Å². The molecule has 1 saturated heterocycles. The van der Waals surface area contributed by atoms with Crippen molar-refractivity contribution < 1.29 is 9.53 Å². The van der Waals surface area contributed by atoms with Crippen LogP contribution >= 0.6 is 0 Å². The van der Waals surface area contributed by atoms with Gasteiger partial charge in [-0.3, -0.25) is 4.79 Å². The Morgan fingerprint density at radius 3 is 3.00 bits per heavy atom. The lowest BCUT2D eigenvalue weighted by atomic mass is 10.0. The third kappa shape index (κ3) is 3.20. The van der Waals surface area contributed by atoms with E-state index in [0.29, 0.717) is 18.1 Å². The lowest BCUT2D eigenvalue weighted by Crippen LogP contribution is -2.48. The van der Waals surface area contributed by atoms with Gasteiger partial charge in [0, 0.05) is 31.1 Å². The van der Waals surface area contributed by atoms with Crippen LogP contribution in [0.3, 0.4) is 0 Å². The van der Waals surface area contributed by atoms with E-state index >= 15 is 0 Å². The molecule has 2 rings (SSSR count). The number of benzene rings is 1. The number of ether oxygens (including phenoxy) is 1. The van der Waals surface area contributed by atoms with Gasteiger partial charge in [-0.2, -0.15) is 0 Å². The van der Waals surface area contributed by atoms with Crippen LogP contribution in [0.1, 0.15) is 17.3 Å². The molecular weight excluding hydrogens is 216 g/mol. The maximum atomic E-state index is 11.9. The van der Waals surface area contributed by atoms with Crippen molar-refractivity contribution in [3.05, 3.63) is 29.8 Å². The summed E-state index contributed by atoms with van der Waals surface area (Å²) in [5.74, 6) is 1.29. The molecular formula is C13H18N2O2. The van der Waals surface area contributed by atoms with Gasteiger partial charge in [-0.15, -0.1) is 0 Å². The summed E-state index contributed by atoms with van der Waals surface area (Å²) in [5, 5.41) is 6.11. The first-order valence-electron chi connectivity index (χ1n) is 6.01. The Bertz CT molecular complexity index is 389. The molecule has 0 unspecified atom stereocenters. The summed E-state index contributed by atoms with van der Waals surface area (Å²) in [6.07, 6.45) is 0. The van der Waals surface area contributed by atoms with Crippen molar-refractivity contribution in [2.24, 2.45) is 5.92 Å². The first kappa shape index (κ1) is 11.9. The van der Waals surface area contributed by atoms with Crippen LogP contribution < -0.4 is 15.4 Å². The van der Waals surface area contributed by atoms with Gasteiger partial charge in [-0.05, 0) is 25.1 Å². The molecule has 0 aliphatic carbocycles. The molecule has 0 radical (unpaired) electrons. The molecule has 17 heavy (non-hydrogen) atoms. The van der Waals surface area contributed by atoms with Crippen LogP contribution in [0.4, 0.5) is 0 Å². The lowest BCUT2D eigenvalue weighted by Gasteiger charge is -2.27.